The molecule has 1 fully saturated rings. The van der Waals surface area contributed by atoms with Crippen LogP contribution in [0.25, 0.3) is 0 Å². The number of carbonyl (C=O) groups excluding carboxylic acids is 1. The number of aryl methyl sites for hydroxylation is 1. The predicted octanol–water partition coefficient (Wildman–Crippen LogP) is 3.30. The summed E-state index contributed by atoms with van der Waals surface area (Å²) >= 11 is 0. The normalized spacial score (nSPS) is 18.7. The molecule has 8 nitrogen and oxygen atoms in total. The van der Waals surface area contributed by atoms with Gasteiger partial charge in [-0.15, -0.1) is 0 Å². The van der Waals surface area contributed by atoms with Gasteiger partial charge in [-0.1, -0.05) is 17.3 Å². The molecule has 3 aromatic rings. The van der Waals surface area contributed by atoms with E-state index in [1.165, 1.54) is 5.56 Å². The summed E-state index contributed by atoms with van der Waals surface area (Å²) in [6.45, 7) is 7.49. The number of hydrogen-bond acceptors (Lipinski definition) is 7. The molecule has 188 valence electrons. The fraction of sp³-hybridized carbons (Fsp3) is 0.464. The summed E-state index contributed by atoms with van der Waals surface area (Å²) in [4.78, 5) is 24.7. The highest BCUT2D eigenvalue weighted by Gasteiger charge is 2.29. The summed E-state index contributed by atoms with van der Waals surface area (Å²) in [6, 6.07) is 12.5. The van der Waals surface area contributed by atoms with E-state index in [-0.39, 0.29) is 5.91 Å². The molecule has 8 heteroatoms. The Morgan fingerprint density at radius 1 is 0.944 bits per heavy atom. The molecule has 1 saturated heterocycles. The lowest BCUT2D eigenvalue weighted by atomic mass is 9.96. The van der Waals surface area contributed by atoms with E-state index >= 15 is 0 Å². The van der Waals surface area contributed by atoms with Crippen LogP contribution >= 0.6 is 0 Å². The number of pyridine rings is 1. The maximum atomic E-state index is 13.4. The second kappa shape index (κ2) is 10.4. The lowest BCUT2D eigenvalue weighted by Gasteiger charge is -2.34. The molecule has 3 aliphatic rings. The fourth-order valence-electron chi connectivity index (χ4n) is 5.51. The molecule has 0 atom stereocenters. The van der Waals surface area contributed by atoms with Gasteiger partial charge in [-0.2, -0.15) is 0 Å². The van der Waals surface area contributed by atoms with Crippen molar-refractivity contribution < 1.29 is 14.1 Å². The summed E-state index contributed by atoms with van der Waals surface area (Å²) in [6.07, 6.45) is 5.80. The van der Waals surface area contributed by atoms with Crippen molar-refractivity contribution >= 4 is 5.91 Å². The van der Waals surface area contributed by atoms with Gasteiger partial charge in [-0.05, 0) is 49.1 Å². The number of carbonyl (C=O) groups is 1. The zero-order valence-electron chi connectivity index (χ0n) is 20.7. The van der Waals surface area contributed by atoms with E-state index in [1.54, 1.807) is 0 Å². The average Bonchev–Trinajstić information content (AvgIpc) is 3.23. The highest BCUT2D eigenvalue weighted by atomic mass is 16.5. The Morgan fingerprint density at radius 2 is 1.78 bits per heavy atom. The van der Waals surface area contributed by atoms with Gasteiger partial charge in [-0.3, -0.25) is 19.6 Å². The molecule has 6 rings (SSSR count). The lowest BCUT2D eigenvalue weighted by molar-refractivity contribution is 0.0721. The van der Waals surface area contributed by atoms with Gasteiger partial charge in [0.1, 0.15) is 18.1 Å². The van der Waals surface area contributed by atoms with Gasteiger partial charge < -0.3 is 14.2 Å². The zero-order valence-corrected chi connectivity index (χ0v) is 20.7. The fourth-order valence-corrected chi connectivity index (χ4v) is 5.51. The molecule has 0 saturated carbocycles. The first-order valence-electron chi connectivity index (χ1n) is 13.1. The number of amides is 1. The molecule has 2 aliphatic heterocycles. The Balaban J connectivity index is 1.09. The number of aromatic nitrogens is 2. The first-order valence-corrected chi connectivity index (χ1v) is 13.1. The van der Waals surface area contributed by atoms with Crippen molar-refractivity contribution in [3.05, 3.63) is 76.4 Å². The Labute approximate surface area is 211 Å². The van der Waals surface area contributed by atoms with E-state index in [0.29, 0.717) is 25.4 Å². The molecular formula is C28H33N5O3. The van der Waals surface area contributed by atoms with E-state index in [2.05, 4.69) is 50.3 Å². The van der Waals surface area contributed by atoms with Crippen LogP contribution in [-0.2, 0) is 32.5 Å². The van der Waals surface area contributed by atoms with Crippen molar-refractivity contribution in [3.8, 4) is 5.75 Å². The largest absolute Gasteiger partial charge is 0.491 e. The minimum absolute atomic E-state index is 0.0484. The molecule has 36 heavy (non-hydrogen) atoms. The van der Waals surface area contributed by atoms with Crippen LogP contribution in [0, 0.1) is 0 Å². The van der Waals surface area contributed by atoms with Gasteiger partial charge in [0.05, 0.1) is 12.2 Å². The molecular weight excluding hydrogens is 454 g/mol. The number of benzene rings is 1. The maximum Gasteiger partial charge on any atom is 0.276 e. The van der Waals surface area contributed by atoms with E-state index in [9.17, 15) is 4.79 Å². The van der Waals surface area contributed by atoms with Crippen molar-refractivity contribution in [1.29, 1.82) is 0 Å². The molecule has 1 aromatic carbocycles. The van der Waals surface area contributed by atoms with Crippen molar-refractivity contribution in [1.82, 2.24) is 24.8 Å². The van der Waals surface area contributed by atoms with Crippen molar-refractivity contribution in [2.45, 2.75) is 45.3 Å². The SMILES string of the molecule is O=C(c1noc2c1CCCC2)N1CCOc2ccc(CN3CCN(Cc4ccccn4)CC3)cc2C1. The molecule has 0 radical (unpaired) electrons. The summed E-state index contributed by atoms with van der Waals surface area (Å²) in [5.74, 6) is 1.71. The van der Waals surface area contributed by atoms with Crippen LogP contribution in [0.2, 0.25) is 0 Å². The monoisotopic (exact) mass is 487 g/mol. The standard InChI is InChI=1S/C28H33N5O3/c34-28(27-24-6-1-2-7-26(24)36-30-27)33-15-16-35-25-9-8-21(17-22(25)19-33)18-31-11-13-32(14-12-31)20-23-5-3-4-10-29-23/h3-5,8-10,17H,1-2,6-7,11-16,18-20H2. The second-order valence-electron chi connectivity index (χ2n) is 10.0. The van der Waals surface area contributed by atoms with Gasteiger partial charge in [-0.25, -0.2) is 0 Å². The van der Waals surface area contributed by atoms with Crippen LogP contribution in [0.5, 0.6) is 5.75 Å². The van der Waals surface area contributed by atoms with E-state index in [1.807, 2.05) is 17.2 Å². The van der Waals surface area contributed by atoms with Crippen molar-refractivity contribution in [2.75, 3.05) is 39.3 Å². The van der Waals surface area contributed by atoms with Gasteiger partial charge in [0.2, 0.25) is 0 Å². The molecule has 0 spiro atoms. The smallest absolute Gasteiger partial charge is 0.276 e. The Morgan fingerprint density at radius 3 is 2.61 bits per heavy atom. The number of hydrogen-bond donors (Lipinski definition) is 0. The second-order valence-corrected chi connectivity index (χ2v) is 10.0. The highest BCUT2D eigenvalue weighted by Crippen LogP contribution is 2.29. The van der Waals surface area contributed by atoms with Crippen LogP contribution in [0.1, 0.15) is 51.5 Å². The average molecular weight is 488 g/mol. The van der Waals surface area contributed by atoms with Crippen LogP contribution in [0.15, 0.2) is 47.1 Å². The number of nitrogens with zero attached hydrogens (tertiary/aromatic N) is 5. The summed E-state index contributed by atoms with van der Waals surface area (Å²) in [7, 11) is 0. The maximum absolute atomic E-state index is 13.4. The van der Waals surface area contributed by atoms with Gasteiger partial charge in [0, 0.05) is 69.6 Å². The zero-order chi connectivity index (χ0) is 24.3. The third-order valence-electron chi connectivity index (χ3n) is 7.53. The molecule has 2 aromatic heterocycles. The van der Waals surface area contributed by atoms with Crippen LogP contribution < -0.4 is 4.74 Å². The molecule has 0 unspecified atom stereocenters. The summed E-state index contributed by atoms with van der Waals surface area (Å²) in [5, 5.41) is 4.17. The number of rotatable bonds is 5. The van der Waals surface area contributed by atoms with Crippen molar-refractivity contribution in [2.24, 2.45) is 0 Å². The molecule has 1 amide bonds. The first kappa shape index (κ1) is 23.2. The van der Waals surface area contributed by atoms with Crippen molar-refractivity contribution in [3.63, 3.8) is 0 Å². The van der Waals surface area contributed by atoms with Gasteiger partial charge >= 0.3 is 0 Å². The van der Waals surface area contributed by atoms with Gasteiger partial charge in [0.25, 0.3) is 5.91 Å². The topological polar surface area (TPSA) is 74.9 Å². The molecule has 0 N–H and O–H groups in total. The van der Waals surface area contributed by atoms with E-state index < -0.39 is 0 Å². The Hall–Kier alpha value is -3.23. The summed E-state index contributed by atoms with van der Waals surface area (Å²) in [5.41, 5.74) is 4.94. The van der Waals surface area contributed by atoms with Crippen LogP contribution in [-0.4, -0.2) is 70.1 Å². The highest BCUT2D eigenvalue weighted by molar-refractivity contribution is 5.94. The first-order chi connectivity index (χ1) is 17.7. The minimum atomic E-state index is -0.0484. The van der Waals surface area contributed by atoms with Crippen LogP contribution in [0.4, 0.5) is 0 Å². The summed E-state index contributed by atoms with van der Waals surface area (Å²) < 4.78 is 11.5. The Kier molecular flexibility index (Phi) is 6.70. The van der Waals surface area contributed by atoms with E-state index in [4.69, 9.17) is 9.26 Å². The lowest BCUT2D eigenvalue weighted by Crippen LogP contribution is -2.45. The van der Waals surface area contributed by atoms with Crippen LogP contribution in [0.3, 0.4) is 0 Å². The Bertz CT molecular complexity index is 1200. The third kappa shape index (κ3) is 5.01. The molecule has 4 heterocycles. The van der Waals surface area contributed by atoms with E-state index in [0.717, 1.165) is 93.3 Å². The molecule has 0 bridgehead atoms. The predicted molar refractivity (Wildman–Crippen MR) is 135 cm³/mol. The third-order valence-corrected chi connectivity index (χ3v) is 7.53. The van der Waals surface area contributed by atoms with Gasteiger partial charge in [0.15, 0.2) is 5.69 Å². The molecule has 1 aliphatic carbocycles. The number of piperazine rings is 1. The minimum Gasteiger partial charge on any atom is -0.491 e. The number of fused-ring (bicyclic) bond motifs is 2. The quantitative estimate of drug-likeness (QED) is 0.547. The number of ether oxygens (including phenoxy) is 1.